The zero-order valence-electron chi connectivity index (χ0n) is 13.6. The van der Waals surface area contributed by atoms with Crippen LogP contribution in [0.2, 0.25) is 0 Å². The van der Waals surface area contributed by atoms with Crippen LogP contribution >= 0.6 is 0 Å². The van der Waals surface area contributed by atoms with E-state index in [0.29, 0.717) is 11.5 Å². The maximum atomic E-state index is 3.47. The molecule has 1 unspecified atom stereocenters. The summed E-state index contributed by atoms with van der Waals surface area (Å²) in [5, 5.41) is 3.47. The Morgan fingerprint density at radius 1 is 0.778 bits per heavy atom. The molecule has 0 aliphatic carbocycles. The van der Waals surface area contributed by atoms with E-state index in [4.69, 9.17) is 0 Å². The Morgan fingerprint density at radius 2 is 1.22 bits per heavy atom. The van der Waals surface area contributed by atoms with Crippen molar-refractivity contribution in [2.45, 2.75) is 97.9 Å². The van der Waals surface area contributed by atoms with Gasteiger partial charge in [0, 0.05) is 6.04 Å². The standard InChI is InChI=1S/C17H37N/c1-6-7-8-9-10-11-12-13-14-15-16(18-5)17(2,3)4/h16,18H,6-15H2,1-5H3. The molecule has 0 spiro atoms. The summed E-state index contributed by atoms with van der Waals surface area (Å²) in [5.74, 6) is 0. The number of nitrogens with one attached hydrogen (secondary N) is 1. The van der Waals surface area contributed by atoms with Crippen LogP contribution in [0.4, 0.5) is 0 Å². The molecule has 1 nitrogen and oxygen atoms in total. The van der Waals surface area contributed by atoms with Crippen molar-refractivity contribution >= 4 is 0 Å². The van der Waals surface area contributed by atoms with Gasteiger partial charge in [0.15, 0.2) is 0 Å². The first-order valence-electron chi connectivity index (χ1n) is 8.19. The number of hydrogen-bond acceptors (Lipinski definition) is 1. The Labute approximate surface area is 116 Å². The molecule has 0 amide bonds. The highest BCUT2D eigenvalue weighted by molar-refractivity contribution is 4.78. The Kier molecular flexibility index (Phi) is 10.8. The molecule has 0 rings (SSSR count). The zero-order valence-corrected chi connectivity index (χ0v) is 13.6. The Morgan fingerprint density at radius 3 is 1.61 bits per heavy atom. The molecule has 18 heavy (non-hydrogen) atoms. The van der Waals surface area contributed by atoms with Crippen LogP contribution in [-0.4, -0.2) is 13.1 Å². The zero-order chi connectivity index (χ0) is 13.9. The smallest absolute Gasteiger partial charge is 0.0113 e. The van der Waals surface area contributed by atoms with Crippen LogP contribution in [0.1, 0.15) is 91.9 Å². The molecule has 1 N–H and O–H groups in total. The quantitative estimate of drug-likeness (QED) is 0.478. The third-order valence-electron chi connectivity index (χ3n) is 3.99. The highest BCUT2D eigenvalue weighted by Crippen LogP contribution is 2.23. The summed E-state index contributed by atoms with van der Waals surface area (Å²) in [4.78, 5) is 0. The maximum Gasteiger partial charge on any atom is 0.0113 e. The minimum Gasteiger partial charge on any atom is -0.316 e. The second-order valence-electron chi connectivity index (χ2n) is 6.82. The lowest BCUT2D eigenvalue weighted by Crippen LogP contribution is -2.37. The lowest BCUT2D eigenvalue weighted by molar-refractivity contribution is 0.261. The minimum absolute atomic E-state index is 0.398. The van der Waals surface area contributed by atoms with E-state index in [2.05, 4.69) is 40.1 Å². The first kappa shape index (κ1) is 18.0. The van der Waals surface area contributed by atoms with Gasteiger partial charge >= 0.3 is 0 Å². The topological polar surface area (TPSA) is 12.0 Å². The van der Waals surface area contributed by atoms with E-state index in [0.717, 1.165) is 0 Å². The van der Waals surface area contributed by atoms with E-state index in [1.165, 1.54) is 64.2 Å². The van der Waals surface area contributed by atoms with Gasteiger partial charge in [-0.05, 0) is 18.9 Å². The van der Waals surface area contributed by atoms with E-state index < -0.39 is 0 Å². The summed E-state index contributed by atoms with van der Waals surface area (Å²) in [6.07, 6.45) is 14.2. The van der Waals surface area contributed by atoms with Gasteiger partial charge in [-0.1, -0.05) is 85.5 Å². The van der Waals surface area contributed by atoms with Gasteiger partial charge in [-0.2, -0.15) is 0 Å². The van der Waals surface area contributed by atoms with E-state index in [9.17, 15) is 0 Å². The SMILES string of the molecule is CCCCCCCCCCCC(NC)C(C)(C)C. The van der Waals surface area contributed by atoms with Gasteiger partial charge in [-0.3, -0.25) is 0 Å². The summed E-state index contributed by atoms with van der Waals surface area (Å²) in [6, 6.07) is 0.669. The van der Waals surface area contributed by atoms with E-state index in [-0.39, 0.29) is 0 Å². The molecular formula is C17H37N. The highest BCUT2D eigenvalue weighted by atomic mass is 14.9. The minimum atomic E-state index is 0.398. The summed E-state index contributed by atoms with van der Waals surface area (Å²) < 4.78 is 0. The molecule has 0 bridgehead atoms. The Hall–Kier alpha value is -0.0400. The predicted molar refractivity (Wildman–Crippen MR) is 84.1 cm³/mol. The van der Waals surface area contributed by atoms with Gasteiger partial charge in [-0.25, -0.2) is 0 Å². The first-order valence-corrected chi connectivity index (χ1v) is 8.19. The van der Waals surface area contributed by atoms with Crippen LogP contribution in [-0.2, 0) is 0 Å². The van der Waals surface area contributed by atoms with Crippen molar-refractivity contribution in [1.82, 2.24) is 5.32 Å². The van der Waals surface area contributed by atoms with Crippen LogP contribution in [0, 0.1) is 5.41 Å². The van der Waals surface area contributed by atoms with Crippen molar-refractivity contribution in [2.24, 2.45) is 5.41 Å². The second kappa shape index (κ2) is 10.8. The van der Waals surface area contributed by atoms with Crippen molar-refractivity contribution in [3.63, 3.8) is 0 Å². The lowest BCUT2D eigenvalue weighted by atomic mass is 9.83. The number of rotatable bonds is 11. The molecule has 0 saturated carbocycles. The Bertz CT molecular complexity index is 169. The third kappa shape index (κ3) is 9.94. The first-order chi connectivity index (χ1) is 8.52. The van der Waals surface area contributed by atoms with Gasteiger partial charge in [-0.15, -0.1) is 0 Å². The molecule has 0 aromatic rings. The molecule has 0 aliphatic heterocycles. The van der Waals surface area contributed by atoms with Gasteiger partial charge < -0.3 is 5.32 Å². The van der Waals surface area contributed by atoms with Crippen LogP contribution < -0.4 is 5.32 Å². The predicted octanol–water partition coefficient (Wildman–Crippen LogP) is 5.54. The molecule has 0 aromatic heterocycles. The normalized spacial score (nSPS) is 13.8. The van der Waals surface area contributed by atoms with E-state index in [1.807, 2.05) is 0 Å². The molecule has 1 heteroatoms. The molecule has 0 saturated heterocycles. The second-order valence-corrected chi connectivity index (χ2v) is 6.82. The molecule has 0 heterocycles. The van der Waals surface area contributed by atoms with Crippen molar-refractivity contribution in [3.05, 3.63) is 0 Å². The van der Waals surface area contributed by atoms with E-state index in [1.54, 1.807) is 0 Å². The number of unbranched alkanes of at least 4 members (excludes halogenated alkanes) is 8. The van der Waals surface area contributed by atoms with Crippen molar-refractivity contribution in [1.29, 1.82) is 0 Å². The van der Waals surface area contributed by atoms with E-state index >= 15 is 0 Å². The molecule has 1 atom stereocenters. The molecule has 110 valence electrons. The average Bonchev–Trinajstić information content (AvgIpc) is 2.30. The molecule has 0 aliphatic rings. The van der Waals surface area contributed by atoms with Crippen LogP contribution in [0.3, 0.4) is 0 Å². The fourth-order valence-corrected chi connectivity index (χ4v) is 2.67. The average molecular weight is 255 g/mol. The number of hydrogen-bond donors (Lipinski definition) is 1. The van der Waals surface area contributed by atoms with Crippen LogP contribution in [0.25, 0.3) is 0 Å². The van der Waals surface area contributed by atoms with Crippen molar-refractivity contribution in [2.75, 3.05) is 7.05 Å². The Balaban J connectivity index is 3.34. The highest BCUT2D eigenvalue weighted by Gasteiger charge is 2.21. The van der Waals surface area contributed by atoms with Gasteiger partial charge in [0.2, 0.25) is 0 Å². The monoisotopic (exact) mass is 255 g/mol. The molecule has 0 radical (unpaired) electrons. The molecule has 0 fully saturated rings. The fraction of sp³-hybridized carbons (Fsp3) is 1.00. The van der Waals surface area contributed by atoms with Crippen molar-refractivity contribution < 1.29 is 0 Å². The summed E-state index contributed by atoms with van der Waals surface area (Å²) in [7, 11) is 2.10. The van der Waals surface area contributed by atoms with Crippen LogP contribution in [0.5, 0.6) is 0 Å². The summed E-state index contributed by atoms with van der Waals surface area (Å²) in [5.41, 5.74) is 0.398. The van der Waals surface area contributed by atoms with Gasteiger partial charge in [0.1, 0.15) is 0 Å². The fourth-order valence-electron chi connectivity index (χ4n) is 2.67. The van der Waals surface area contributed by atoms with Crippen LogP contribution in [0.15, 0.2) is 0 Å². The lowest BCUT2D eigenvalue weighted by Gasteiger charge is -2.30. The summed E-state index contributed by atoms with van der Waals surface area (Å²) in [6.45, 7) is 9.29. The molecule has 0 aromatic carbocycles. The largest absolute Gasteiger partial charge is 0.316 e. The van der Waals surface area contributed by atoms with Crippen molar-refractivity contribution in [3.8, 4) is 0 Å². The summed E-state index contributed by atoms with van der Waals surface area (Å²) >= 11 is 0. The maximum absolute atomic E-state index is 3.47. The van der Waals surface area contributed by atoms with Gasteiger partial charge in [0.25, 0.3) is 0 Å². The third-order valence-corrected chi connectivity index (χ3v) is 3.99. The van der Waals surface area contributed by atoms with Gasteiger partial charge in [0.05, 0.1) is 0 Å². The molecular weight excluding hydrogens is 218 g/mol.